The van der Waals surface area contributed by atoms with E-state index in [0.29, 0.717) is 5.82 Å². The van der Waals surface area contributed by atoms with Gasteiger partial charge in [0.25, 0.3) is 0 Å². The molecule has 0 radical (unpaired) electrons. The van der Waals surface area contributed by atoms with Gasteiger partial charge in [-0.2, -0.15) is 9.78 Å². The molecule has 1 aliphatic carbocycles. The maximum Gasteiger partial charge on any atom is 0.228 e. The van der Waals surface area contributed by atoms with Crippen LogP contribution in [0.2, 0.25) is 0 Å². The summed E-state index contributed by atoms with van der Waals surface area (Å²) in [6.45, 7) is 1.92. The Labute approximate surface area is 168 Å². The van der Waals surface area contributed by atoms with E-state index in [4.69, 9.17) is 9.72 Å². The Hall–Kier alpha value is -2.67. The number of thiazole rings is 1. The van der Waals surface area contributed by atoms with Crippen LogP contribution in [0.5, 0.6) is 5.75 Å². The van der Waals surface area contributed by atoms with Crippen molar-refractivity contribution in [3.8, 4) is 22.1 Å². The van der Waals surface area contributed by atoms with Crippen LogP contribution >= 0.6 is 11.3 Å². The minimum atomic E-state index is 0.0884. The number of ether oxygens (including phenoxy) is 1. The summed E-state index contributed by atoms with van der Waals surface area (Å²) in [6.07, 6.45) is 5.43. The third-order valence-corrected chi connectivity index (χ3v) is 5.91. The molecule has 1 amide bonds. The van der Waals surface area contributed by atoms with E-state index < -0.39 is 0 Å². The van der Waals surface area contributed by atoms with E-state index in [0.717, 1.165) is 53.5 Å². The van der Waals surface area contributed by atoms with Crippen LogP contribution < -0.4 is 10.1 Å². The van der Waals surface area contributed by atoms with Crippen LogP contribution in [0.1, 0.15) is 37.8 Å². The van der Waals surface area contributed by atoms with E-state index in [-0.39, 0.29) is 11.8 Å². The lowest BCUT2D eigenvalue weighted by Crippen LogP contribution is -2.25. The molecule has 0 saturated heterocycles. The van der Waals surface area contributed by atoms with Gasteiger partial charge in [0, 0.05) is 22.9 Å². The fourth-order valence-electron chi connectivity index (χ4n) is 3.60. The summed E-state index contributed by atoms with van der Waals surface area (Å²) in [4.78, 5) is 17.4. The van der Waals surface area contributed by atoms with Crippen molar-refractivity contribution in [1.82, 2.24) is 14.8 Å². The van der Waals surface area contributed by atoms with Gasteiger partial charge in [0.1, 0.15) is 11.6 Å². The predicted molar refractivity (Wildman–Crippen MR) is 111 cm³/mol. The lowest BCUT2D eigenvalue weighted by atomic mass is 9.89. The Balaban J connectivity index is 1.58. The molecule has 28 heavy (non-hydrogen) atoms. The van der Waals surface area contributed by atoms with Gasteiger partial charge >= 0.3 is 0 Å². The minimum absolute atomic E-state index is 0.0884. The van der Waals surface area contributed by atoms with E-state index in [1.165, 1.54) is 17.8 Å². The molecule has 146 valence electrons. The number of aryl methyl sites for hydroxylation is 1. The standard InChI is InChI=1S/C21H24N4O2S/c1-14-11-19(23-20(26)15-7-4-3-5-8-15)25(24-14)21-22-18(13-28-21)16-9-6-10-17(12-16)27-2/h6,9-13,15H,3-5,7-8H2,1-2H3,(H,23,26). The molecule has 0 spiro atoms. The Morgan fingerprint density at radius 1 is 1.25 bits per heavy atom. The van der Waals surface area contributed by atoms with Gasteiger partial charge in [-0.15, -0.1) is 11.3 Å². The van der Waals surface area contributed by atoms with Gasteiger partial charge in [0.2, 0.25) is 11.0 Å². The quantitative estimate of drug-likeness (QED) is 0.670. The summed E-state index contributed by atoms with van der Waals surface area (Å²) < 4.78 is 7.03. The van der Waals surface area contributed by atoms with Crippen LogP contribution in [0.3, 0.4) is 0 Å². The molecular weight excluding hydrogens is 372 g/mol. The molecule has 3 aromatic rings. The number of rotatable bonds is 5. The van der Waals surface area contributed by atoms with Gasteiger partial charge in [-0.05, 0) is 31.9 Å². The molecule has 6 nitrogen and oxygen atoms in total. The maximum atomic E-state index is 12.7. The van der Waals surface area contributed by atoms with E-state index in [9.17, 15) is 4.79 Å². The highest BCUT2D eigenvalue weighted by atomic mass is 32.1. The van der Waals surface area contributed by atoms with Crippen molar-refractivity contribution in [1.29, 1.82) is 0 Å². The molecule has 0 aliphatic heterocycles. The fraction of sp³-hybridized carbons (Fsp3) is 0.381. The van der Waals surface area contributed by atoms with Crippen LogP contribution in [-0.2, 0) is 4.79 Å². The van der Waals surface area contributed by atoms with Crippen LogP contribution in [0.25, 0.3) is 16.4 Å². The lowest BCUT2D eigenvalue weighted by molar-refractivity contribution is -0.120. The minimum Gasteiger partial charge on any atom is -0.497 e. The van der Waals surface area contributed by atoms with Crippen LogP contribution in [0.4, 0.5) is 5.82 Å². The molecule has 4 rings (SSSR count). The summed E-state index contributed by atoms with van der Waals surface area (Å²) in [7, 11) is 1.65. The predicted octanol–water partition coefficient (Wildman–Crippen LogP) is 4.83. The number of carbonyl (C=O) groups is 1. The zero-order valence-electron chi connectivity index (χ0n) is 16.1. The monoisotopic (exact) mass is 396 g/mol. The highest BCUT2D eigenvalue weighted by Gasteiger charge is 2.23. The maximum absolute atomic E-state index is 12.7. The number of nitrogens with one attached hydrogen (secondary N) is 1. The van der Waals surface area contributed by atoms with Gasteiger partial charge < -0.3 is 10.1 Å². The van der Waals surface area contributed by atoms with Crippen molar-refractivity contribution < 1.29 is 9.53 Å². The highest BCUT2D eigenvalue weighted by molar-refractivity contribution is 7.12. The number of amides is 1. The Morgan fingerprint density at radius 3 is 2.86 bits per heavy atom. The zero-order valence-corrected chi connectivity index (χ0v) is 17.0. The average molecular weight is 397 g/mol. The summed E-state index contributed by atoms with van der Waals surface area (Å²) >= 11 is 1.50. The first-order valence-corrected chi connectivity index (χ1v) is 10.5. The Kier molecular flexibility index (Phi) is 5.43. The number of anilines is 1. The third-order valence-electron chi connectivity index (χ3n) is 5.10. The molecule has 1 N–H and O–H groups in total. The van der Waals surface area contributed by atoms with Crippen molar-refractivity contribution in [3.05, 3.63) is 41.4 Å². The van der Waals surface area contributed by atoms with E-state index in [2.05, 4.69) is 10.4 Å². The summed E-state index contributed by atoms with van der Waals surface area (Å²) in [6, 6.07) is 9.71. The smallest absolute Gasteiger partial charge is 0.228 e. The first kappa shape index (κ1) is 18.7. The van der Waals surface area contributed by atoms with Gasteiger partial charge in [0.15, 0.2) is 0 Å². The van der Waals surface area contributed by atoms with Gasteiger partial charge in [0.05, 0.1) is 18.5 Å². The van der Waals surface area contributed by atoms with Crippen molar-refractivity contribution in [2.75, 3.05) is 12.4 Å². The summed E-state index contributed by atoms with van der Waals surface area (Å²) in [5.74, 6) is 1.66. The number of hydrogen-bond acceptors (Lipinski definition) is 5. The first-order chi connectivity index (χ1) is 13.6. The number of methoxy groups -OCH3 is 1. The van der Waals surface area contributed by atoms with Gasteiger partial charge in [-0.3, -0.25) is 4.79 Å². The topological polar surface area (TPSA) is 69.0 Å². The summed E-state index contributed by atoms with van der Waals surface area (Å²) in [5.41, 5.74) is 2.69. The summed E-state index contributed by atoms with van der Waals surface area (Å²) in [5, 5.41) is 10.3. The van der Waals surface area contributed by atoms with E-state index in [1.807, 2.05) is 42.6 Å². The lowest BCUT2D eigenvalue weighted by Gasteiger charge is -2.20. The zero-order chi connectivity index (χ0) is 19.5. The third kappa shape index (κ3) is 3.94. The molecule has 2 aromatic heterocycles. The Morgan fingerprint density at radius 2 is 2.07 bits per heavy atom. The second kappa shape index (κ2) is 8.14. The van der Waals surface area contributed by atoms with Crippen molar-refractivity contribution in [2.45, 2.75) is 39.0 Å². The average Bonchev–Trinajstić information content (AvgIpc) is 3.35. The molecule has 2 heterocycles. The fourth-order valence-corrected chi connectivity index (χ4v) is 4.40. The largest absolute Gasteiger partial charge is 0.497 e. The number of nitrogens with zero attached hydrogens (tertiary/aromatic N) is 3. The molecular formula is C21H24N4O2S. The Bertz CT molecular complexity index is 972. The number of benzene rings is 1. The molecule has 0 bridgehead atoms. The first-order valence-electron chi connectivity index (χ1n) is 9.62. The van der Waals surface area contributed by atoms with E-state index >= 15 is 0 Å². The van der Waals surface area contributed by atoms with Crippen LogP contribution in [0.15, 0.2) is 35.7 Å². The molecule has 1 aromatic carbocycles. The number of aromatic nitrogens is 3. The molecule has 7 heteroatoms. The van der Waals surface area contributed by atoms with Crippen LogP contribution in [0, 0.1) is 12.8 Å². The normalized spacial score (nSPS) is 14.8. The number of hydrogen-bond donors (Lipinski definition) is 1. The van der Waals surface area contributed by atoms with Gasteiger partial charge in [-0.1, -0.05) is 31.4 Å². The van der Waals surface area contributed by atoms with Gasteiger partial charge in [-0.25, -0.2) is 4.98 Å². The molecule has 1 aliphatic rings. The molecule has 0 unspecified atom stereocenters. The molecule has 0 atom stereocenters. The highest BCUT2D eigenvalue weighted by Crippen LogP contribution is 2.29. The molecule has 1 saturated carbocycles. The van der Waals surface area contributed by atoms with Crippen molar-refractivity contribution >= 4 is 23.1 Å². The van der Waals surface area contributed by atoms with Crippen molar-refractivity contribution in [2.24, 2.45) is 5.92 Å². The van der Waals surface area contributed by atoms with Crippen molar-refractivity contribution in [3.63, 3.8) is 0 Å². The van der Waals surface area contributed by atoms with Crippen LogP contribution in [-0.4, -0.2) is 27.8 Å². The SMILES string of the molecule is COc1cccc(-c2csc(-n3nc(C)cc3NC(=O)C3CCCCC3)n2)c1. The number of carbonyl (C=O) groups excluding carboxylic acids is 1. The molecule has 1 fully saturated rings. The van der Waals surface area contributed by atoms with E-state index in [1.54, 1.807) is 11.8 Å². The second-order valence-electron chi connectivity index (χ2n) is 7.15. The second-order valence-corrected chi connectivity index (χ2v) is 7.99.